The Morgan fingerprint density at radius 1 is 1.32 bits per heavy atom. The highest BCUT2D eigenvalue weighted by Gasteiger charge is 2.05. The smallest absolute Gasteiger partial charge is 0.210 e. The van der Waals surface area contributed by atoms with Crippen LogP contribution in [0.5, 0.6) is 0 Å². The van der Waals surface area contributed by atoms with E-state index in [9.17, 15) is 4.79 Å². The Balaban J connectivity index is 2.77. The third-order valence-electron chi connectivity index (χ3n) is 2.00. The number of azo groups is 1. The molecule has 0 atom stereocenters. The lowest BCUT2D eigenvalue weighted by Gasteiger charge is -2.02. The van der Waals surface area contributed by atoms with Gasteiger partial charge in [-0.2, -0.15) is 5.11 Å². The Kier molecular flexibility index (Phi) is 5.75. The van der Waals surface area contributed by atoms with Gasteiger partial charge in [0.05, 0.1) is 5.69 Å². The zero-order valence-electron chi connectivity index (χ0n) is 10.6. The number of halogens is 1. The summed E-state index contributed by atoms with van der Waals surface area (Å²) < 4.78 is 0. The zero-order valence-corrected chi connectivity index (χ0v) is 11.4. The summed E-state index contributed by atoms with van der Waals surface area (Å²) in [4.78, 5) is 13.3. The van der Waals surface area contributed by atoms with E-state index < -0.39 is 5.78 Å². The van der Waals surface area contributed by atoms with E-state index in [2.05, 4.69) is 10.2 Å². The lowest BCUT2D eigenvalue weighted by Crippen LogP contribution is -2.03. The summed E-state index contributed by atoms with van der Waals surface area (Å²) in [5.41, 5.74) is 0.390. The largest absolute Gasteiger partial charge is 0.513 e. The van der Waals surface area contributed by atoms with E-state index in [1.165, 1.54) is 6.08 Å². The molecule has 0 amide bonds. The monoisotopic (exact) mass is 279 g/mol. The molecule has 0 saturated carbocycles. The number of aliphatic hydroxyl groups is 1. The second-order valence-electron chi connectivity index (χ2n) is 3.83. The molecule has 1 N–H and O–H groups in total. The van der Waals surface area contributed by atoms with Gasteiger partial charge in [-0.3, -0.25) is 4.79 Å². The first-order chi connectivity index (χ1) is 9.02. The molecule has 0 heterocycles. The van der Waals surface area contributed by atoms with Crippen LogP contribution in [0.2, 0.25) is 5.02 Å². The number of aliphatic hydroxyl groups excluding tert-OH is 1. The molecule has 0 bridgehead atoms. The number of benzene rings is 1. The molecule has 1 rings (SSSR count). The van der Waals surface area contributed by atoms with Crippen molar-refractivity contribution in [2.45, 2.75) is 0 Å². The van der Waals surface area contributed by atoms with Crippen molar-refractivity contribution in [3.63, 3.8) is 0 Å². The van der Waals surface area contributed by atoms with Crippen molar-refractivity contribution in [3.8, 4) is 0 Å². The molecular weight excluding hydrogens is 266 g/mol. The maximum atomic E-state index is 11.6. The van der Waals surface area contributed by atoms with Crippen LogP contribution in [-0.2, 0) is 4.79 Å². The molecule has 100 valence electrons. The van der Waals surface area contributed by atoms with Gasteiger partial charge in [0.25, 0.3) is 0 Å². The minimum absolute atomic E-state index is 0.145. The van der Waals surface area contributed by atoms with Crippen LogP contribution in [0.4, 0.5) is 5.69 Å². The lowest BCUT2D eigenvalue weighted by atomic mass is 10.3. The van der Waals surface area contributed by atoms with E-state index in [1.807, 2.05) is 0 Å². The first kappa shape index (κ1) is 14.9. The summed E-state index contributed by atoms with van der Waals surface area (Å²) in [6.07, 6.45) is 3.48. The Morgan fingerprint density at radius 3 is 2.47 bits per heavy atom. The van der Waals surface area contributed by atoms with E-state index in [4.69, 9.17) is 16.7 Å². The SMILES string of the molecule is CN(C)/C=C/C(=O)/C(=C/O)N=Nc1ccc(Cl)cc1. The topological polar surface area (TPSA) is 65.3 Å². The van der Waals surface area contributed by atoms with Gasteiger partial charge in [-0.05, 0) is 24.3 Å². The molecule has 5 nitrogen and oxygen atoms in total. The number of hydrogen-bond donors (Lipinski definition) is 1. The summed E-state index contributed by atoms with van der Waals surface area (Å²) in [5.74, 6) is -0.436. The van der Waals surface area contributed by atoms with Crippen molar-refractivity contribution >= 4 is 23.1 Å². The number of carbonyl (C=O) groups excluding carboxylic acids is 1. The number of hydrogen-bond acceptors (Lipinski definition) is 5. The average Bonchev–Trinajstić information content (AvgIpc) is 2.39. The highest BCUT2D eigenvalue weighted by Crippen LogP contribution is 2.17. The van der Waals surface area contributed by atoms with Gasteiger partial charge in [0.2, 0.25) is 5.78 Å². The molecule has 0 aliphatic rings. The highest BCUT2D eigenvalue weighted by molar-refractivity contribution is 6.30. The Morgan fingerprint density at radius 2 is 1.95 bits per heavy atom. The standard InChI is InChI=1S/C13H14ClN3O2/c1-17(2)8-7-13(19)12(9-18)16-15-11-5-3-10(14)4-6-11/h3-9,18H,1-2H3/b8-7+,12-9-,16-15?. The highest BCUT2D eigenvalue weighted by atomic mass is 35.5. The Labute approximate surface area is 116 Å². The van der Waals surface area contributed by atoms with Crippen molar-refractivity contribution in [1.29, 1.82) is 0 Å². The number of ketones is 1. The lowest BCUT2D eigenvalue weighted by molar-refractivity contribution is -0.111. The summed E-state index contributed by atoms with van der Waals surface area (Å²) in [7, 11) is 3.56. The van der Waals surface area contributed by atoms with Crippen LogP contribution in [0.15, 0.2) is 58.7 Å². The summed E-state index contributed by atoms with van der Waals surface area (Å²) in [6.45, 7) is 0. The van der Waals surface area contributed by atoms with Gasteiger partial charge in [0.1, 0.15) is 6.26 Å². The summed E-state index contributed by atoms with van der Waals surface area (Å²) in [5, 5.41) is 17.1. The number of allylic oxidation sites excluding steroid dienone is 1. The summed E-state index contributed by atoms with van der Waals surface area (Å²) in [6, 6.07) is 6.62. The fourth-order valence-corrected chi connectivity index (χ4v) is 1.19. The molecule has 0 unspecified atom stereocenters. The van der Waals surface area contributed by atoms with Crippen LogP contribution in [-0.4, -0.2) is 29.9 Å². The number of rotatable bonds is 5. The maximum absolute atomic E-state index is 11.6. The third kappa shape index (κ3) is 5.35. The van der Waals surface area contributed by atoms with Gasteiger partial charge < -0.3 is 10.0 Å². The number of carbonyl (C=O) groups is 1. The van der Waals surface area contributed by atoms with Crippen LogP contribution in [0, 0.1) is 0 Å². The van der Waals surface area contributed by atoms with Gasteiger partial charge in [0, 0.05) is 31.4 Å². The van der Waals surface area contributed by atoms with Gasteiger partial charge in [0.15, 0.2) is 5.70 Å². The van der Waals surface area contributed by atoms with E-state index in [-0.39, 0.29) is 5.70 Å². The minimum atomic E-state index is -0.436. The normalized spacial score (nSPS) is 12.3. The molecule has 1 aromatic carbocycles. The molecule has 0 spiro atoms. The van der Waals surface area contributed by atoms with Crippen molar-refractivity contribution in [2.75, 3.05) is 14.1 Å². The van der Waals surface area contributed by atoms with Crippen LogP contribution < -0.4 is 0 Å². The van der Waals surface area contributed by atoms with Gasteiger partial charge in [-0.15, -0.1) is 5.11 Å². The Hall–Kier alpha value is -2.14. The van der Waals surface area contributed by atoms with Crippen molar-refractivity contribution in [2.24, 2.45) is 10.2 Å². The predicted octanol–water partition coefficient (Wildman–Crippen LogP) is 3.47. The van der Waals surface area contributed by atoms with Crippen LogP contribution in [0.1, 0.15) is 0 Å². The maximum Gasteiger partial charge on any atom is 0.210 e. The van der Waals surface area contributed by atoms with Crippen LogP contribution >= 0.6 is 11.6 Å². The molecule has 0 aliphatic carbocycles. The molecule has 0 fully saturated rings. The first-order valence-corrected chi connectivity index (χ1v) is 5.81. The summed E-state index contributed by atoms with van der Waals surface area (Å²) >= 11 is 5.73. The van der Waals surface area contributed by atoms with E-state index in [0.717, 1.165) is 0 Å². The molecular formula is C13H14ClN3O2. The van der Waals surface area contributed by atoms with Crippen LogP contribution in [0.3, 0.4) is 0 Å². The van der Waals surface area contributed by atoms with E-state index >= 15 is 0 Å². The minimum Gasteiger partial charge on any atom is -0.513 e. The Bertz CT molecular complexity index is 519. The molecule has 1 aromatic rings. The second-order valence-corrected chi connectivity index (χ2v) is 4.27. The van der Waals surface area contributed by atoms with Crippen LogP contribution in [0.25, 0.3) is 0 Å². The number of nitrogens with zero attached hydrogens (tertiary/aromatic N) is 3. The van der Waals surface area contributed by atoms with Crippen molar-refractivity contribution in [1.82, 2.24) is 4.90 Å². The van der Waals surface area contributed by atoms with Gasteiger partial charge in [-0.1, -0.05) is 11.6 Å². The van der Waals surface area contributed by atoms with Crippen molar-refractivity contribution < 1.29 is 9.90 Å². The van der Waals surface area contributed by atoms with Crippen molar-refractivity contribution in [3.05, 3.63) is 53.5 Å². The molecule has 0 radical (unpaired) electrons. The molecule has 6 heteroatoms. The first-order valence-electron chi connectivity index (χ1n) is 5.43. The molecule has 0 aromatic heterocycles. The zero-order chi connectivity index (χ0) is 14.3. The fraction of sp³-hybridized carbons (Fsp3) is 0.154. The van der Waals surface area contributed by atoms with Gasteiger partial charge >= 0.3 is 0 Å². The fourth-order valence-electron chi connectivity index (χ4n) is 1.06. The molecule has 19 heavy (non-hydrogen) atoms. The predicted molar refractivity (Wildman–Crippen MR) is 74.5 cm³/mol. The second kappa shape index (κ2) is 7.33. The quantitative estimate of drug-likeness (QED) is 0.510. The third-order valence-corrected chi connectivity index (χ3v) is 2.25. The van der Waals surface area contributed by atoms with E-state index in [0.29, 0.717) is 17.0 Å². The molecule has 0 saturated heterocycles. The molecule has 0 aliphatic heterocycles. The van der Waals surface area contributed by atoms with Gasteiger partial charge in [-0.25, -0.2) is 0 Å². The average molecular weight is 280 g/mol. The van der Waals surface area contributed by atoms with E-state index in [1.54, 1.807) is 49.5 Å².